The van der Waals surface area contributed by atoms with Gasteiger partial charge in [0.15, 0.2) is 0 Å². The lowest BCUT2D eigenvalue weighted by atomic mass is 10.3. The Morgan fingerprint density at radius 1 is 1.00 bits per heavy atom. The lowest BCUT2D eigenvalue weighted by Gasteiger charge is -1.84. The van der Waals surface area contributed by atoms with Gasteiger partial charge in [-0.05, 0) is 20.8 Å². The van der Waals surface area contributed by atoms with Crippen molar-refractivity contribution >= 4 is 17.9 Å². The fraction of sp³-hybridized carbons (Fsp3) is 0.250. The normalized spacial score (nSPS) is 8.72. The van der Waals surface area contributed by atoms with E-state index >= 15 is 0 Å². The molecule has 18 heavy (non-hydrogen) atoms. The number of hydrogen-bond acceptors (Lipinski definition) is 3. The molecule has 0 aliphatic rings. The third-order valence-corrected chi connectivity index (χ3v) is 1.31. The van der Waals surface area contributed by atoms with E-state index in [4.69, 9.17) is 15.3 Å². The zero-order chi connectivity index (χ0) is 15.3. The van der Waals surface area contributed by atoms with Crippen molar-refractivity contribution in [3.63, 3.8) is 0 Å². The zero-order valence-electron chi connectivity index (χ0n) is 10.6. The van der Waals surface area contributed by atoms with Gasteiger partial charge in [-0.3, -0.25) is 0 Å². The predicted molar refractivity (Wildman–Crippen MR) is 67.3 cm³/mol. The number of rotatable bonds is 3. The molecule has 0 saturated heterocycles. The van der Waals surface area contributed by atoms with E-state index in [0.29, 0.717) is 5.57 Å². The molecule has 0 spiro atoms. The van der Waals surface area contributed by atoms with E-state index in [1.165, 1.54) is 6.92 Å². The molecule has 0 atom stereocenters. The summed E-state index contributed by atoms with van der Waals surface area (Å²) in [4.78, 5) is 28.7. The summed E-state index contributed by atoms with van der Waals surface area (Å²) >= 11 is 0. The SMILES string of the molecule is C/C=C(\C)C(=O)O.C=C(C)C(=O)O.C=CC(=O)O. The molecule has 0 aromatic heterocycles. The van der Waals surface area contributed by atoms with Gasteiger partial charge in [0.05, 0.1) is 0 Å². The van der Waals surface area contributed by atoms with Crippen LogP contribution in [-0.4, -0.2) is 33.2 Å². The van der Waals surface area contributed by atoms with Gasteiger partial charge in [-0.1, -0.05) is 19.2 Å². The largest absolute Gasteiger partial charge is 0.478 e. The quantitative estimate of drug-likeness (QED) is 0.667. The standard InChI is InChI=1S/C5H8O2.C4H6O2.C3H4O2/c1-3-4(2)5(6)7;1-3(2)4(5)6;1-2-3(4)5/h3H,1-2H3,(H,6,7);1H2,2H3,(H,5,6);2H,1H2,(H,4,5)/b4-3+;;. The van der Waals surface area contributed by atoms with Crippen LogP contribution in [0.15, 0.2) is 36.5 Å². The Balaban J connectivity index is -0.000000190. The smallest absolute Gasteiger partial charge is 0.330 e. The summed E-state index contributed by atoms with van der Waals surface area (Å²) in [7, 11) is 0. The van der Waals surface area contributed by atoms with Crippen LogP contribution in [0.5, 0.6) is 0 Å². The molecule has 0 rings (SSSR count). The molecule has 0 unspecified atom stereocenters. The van der Waals surface area contributed by atoms with Gasteiger partial charge in [0.1, 0.15) is 0 Å². The van der Waals surface area contributed by atoms with Gasteiger partial charge < -0.3 is 15.3 Å². The molecule has 0 heterocycles. The van der Waals surface area contributed by atoms with Gasteiger partial charge in [0, 0.05) is 17.2 Å². The van der Waals surface area contributed by atoms with Crippen LogP contribution in [0.1, 0.15) is 20.8 Å². The lowest BCUT2D eigenvalue weighted by molar-refractivity contribution is -0.133. The van der Waals surface area contributed by atoms with Crippen LogP contribution in [0.4, 0.5) is 0 Å². The summed E-state index contributed by atoms with van der Waals surface area (Å²) in [5, 5.41) is 23.6. The van der Waals surface area contributed by atoms with Crippen molar-refractivity contribution in [3.8, 4) is 0 Å². The number of carboxylic acid groups (broad SMARTS) is 3. The molecule has 0 aliphatic carbocycles. The third kappa shape index (κ3) is 23.4. The second-order valence-electron chi connectivity index (χ2n) is 2.90. The molecule has 0 aromatic rings. The Bertz CT molecular complexity index is 340. The van der Waals surface area contributed by atoms with Crippen LogP contribution in [0.3, 0.4) is 0 Å². The van der Waals surface area contributed by atoms with Crippen LogP contribution in [0.25, 0.3) is 0 Å². The first-order valence-electron chi connectivity index (χ1n) is 4.70. The second kappa shape index (κ2) is 12.7. The summed E-state index contributed by atoms with van der Waals surface area (Å²) in [5.41, 5.74) is 0.565. The van der Waals surface area contributed by atoms with Crippen LogP contribution in [0.2, 0.25) is 0 Å². The monoisotopic (exact) mass is 258 g/mol. The highest BCUT2D eigenvalue weighted by Crippen LogP contribution is 1.87. The average molecular weight is 258 g/mol. The summed E-state index contributed by atoms with van der Waals surface area (Å²) in [6, 6.07) is 0. The third-order valence-electron chi connectivity index (χ3n) is 1.31. The molecule has 0 fully saturated rings. The molecular formula is C12H18O6. The fourth-order valence-electron chi connectivity index (χ4n) is 0.123. The number of aliphatic carboxylic acids is 3. The highest BCUT2D eigenvalue weighted by Gasteiger charge is 1.93. The van der Waals surface area contributed by atoms with Gasteiger partial charge in [-0.2, -0.15) is 0 Å². The summed E-state index contributed by atoms with van der Waals surface area (Å²) in [5.74, 6) is -2.76. The predicted octanol–water partition coefficient (Wildman–Crippen LogP) is 1.94. The first kappa shape index (κ1) is 21.0. The molecule has 6 heteroatoms. The highest BCUT2D eigenvalue weighted by molar-refractivity contribution is 5.85. The van der Waals surface area contributed by atoms with Gasteiger partial charge in [-0.15, -0.1) is 0 Å². The Morgan fingerprint density at radius 2 is 1.28 bits per heavy atom. The maximum absolute atomic E-state index is 9.86. The Morgan fingerprint density at radius 3 is 1.28 bits per heavy atom. The van der Waals surface area contributed by atoms with Crippen molar-refractivity contribution in [2.45, 2.75) is 20.8 Å². The van der Waals surface area contributed by atoms with E-state index in [2.05, 4.69) is 13.2 Å². The van der Waals surface area contributed by atoms with E-state index in [0.717, 1.165) is 6.08 Å². The van der Waals surface area contributed by atoms with Crippen molar-refractivity contribution in [1.82, 2.24) is 0 Å². The molecule has 0 radical (unpaired) electrons. The maximum atomic E-state index is 9.86. The maximum Gasteiger partial charge on any atom is 0.330 e. The van der Waals surface area contributed by atoms with Crippen molar-refractivity contribution in [3.05, 3.63) is 36.5 Å². The van der Waals surface area contributed by atoms with Crippen LogP contribution < -0.4 is 0 Å². The van der Waals surface area contributed by atoms with Gasteiger partial charge in [0.2, 0.25) is 0 Å². The molecule has 0 aliphatic heterocycles. The van der Waals surface area contributed by atoms with Crippen molar-refractivity contribution in [1.29, 1.82) is 0 Å². The van der Waals surface area contributed by atoms with Crippen LogP contribution >= 0.6 is 0 Å². The highest BCUT2D eigenvalue weighted by atomic mass is 16.4. The van der Waals surface area contributed by atoms with E-state index < -0.39 is 17.9 Å². The van der Waals surface area contributed by atoms with E-state index in [-0.39, 0.29) is 5.57 Å². The summed E-state index contributed by atoms with van der Waals surface area (Å²) in [6.45, 7) is 10.8. The topological polar surface area (TPSA) is 112 Å². The molecule has 0 saturated carbocycles. The Labute approximate surface area is 106 Å². The zero-order valence-corrected chi connectivity index (χ0v) is 10.6. The average Bonchev–Trinajstić information content (AvgIpc) is 2.29. The number of carboxylic acids is 3. The number of hydrogen-bond donors (Lipinski definition) is 3. The van der Waals surface area contributed by atoms with E-state index in [1.54, 1.807) is 19.9 Å². The van der Waals surface area contributed by atoms with Gasteiger partial charge >= 0.3 is 17.9 Å². The first-order valence-corrected chi connectivity index (χ1v) is 4.70. The minimum atomic E-state index is -0.981. The van der Waals surface area contributed by atoms with E-state index in [1.807, 2.05) is 0 Å². The number of carbonyl (C=O) groups is 3. The van der Waals surface area contributed by atoms with Crippen LogP contribution in [0, 0.1) is 0 Å². The Kier molecular flexibility index (Phi) is 14.8. The van der Waals surface area contributed by atoms with E-state index in [9.17, 15) is 14.4 Å². The first-order chi connectivity index (χ1) is 8.09. The van der Waals surface area contributed by atoms with Crippen molar-refractivity contribution in [2.75, 3.05) is 0 Å². The Hall–Kier alpha value is -2.37. The number of allylic oxidation sites excluding steroid dienone is 1. The molecule has 0 aromatic carbocycles. The molecule has 3 N–H and O–H groups in total. The minimum absolute atomic E-state index is 0.176. The minimum Gasteiger partial charge on any atom is -0.478 e. The van der Waals surface area contributed by atoms with Crippen molar-refractivity contribution in [2.24, 2.45) is 0 Å². The van der Waals surface area contributed by atoms with Gasteiger partial charge in [-0.25, -0.2) is 14.4 Å². The molecule has 0 amide bonds. The van der Waals surface area contributed by atoms with Crippen LogP contribution in [-0.2, 0) is 14.4 Å². The van der Waals surface area contributed by atoms with Gasteiger partial charge in [0.25, 0.3) is 0 Å². The summed E-state index contributed by atoms with van der Waals surface area (Å²) < 4.78 is 0. The molecule has 102 valence electrons. The second-order valence-corrected chi connectivity index (χ2v) is 2.90. The summed E-state index contributed by atoms with van der Waals surface area (Å²) in [6.07, 6.45) is 2.39. The van der Waals surface area contributed by atoms with Crippen molar-refractivity contribution < 1.29 is 29.7 Å². The molecular weight excluding hydrogens is 240 g/mol. The lowest BCUT2D eigenvalue weighted by Crippen LogP contribution is -1.93. The molecule has 6 nitrogen and oxygen atoms in total. The molecule has 0 bridgehead atoms. The fourth-order valence-corrected chi connectivity index (χ4v) is 0.123.